The van der Waals surface area contributed by atoms with Crippen molar-refractivity contribution in [2.45, 2.75) is 64.3 Å². The summed E-state index contributed by atoms with van der Waals surface area (Å²) in [6.45, 7) is 11.6. The van der Waals surface area contributed by atoms with Crippen LogP contribution < -0.4 is 5.32 Å². The second-order valence-corrected chi connectivity index (χ2v) is 7.18. The van der Waals surface area contributed by atoms with E-state index in [1.165, 1.54) is 18.6 Å². The van der Waals surface area contributed by atoms with Crippen molar-refractivity contribution >= 4 is 11.8 Å². The molecule has 84 valence electrons. The molecule has 1 N–H and O–H groups in total. The zero-order valence-electron chi connectivity index (χ0n) is 10.3. The van der Waals surface area contributed by atoms with E-state index in [0.717, 1.165) is 12.0 Å². The van der Waals surface area contributed by atoms with Crippen molar-refractivity contribution in [2.75, 3.05) is 5.75 Å². The summed E-state index contributed by atoms with van der Waals surface area (Å²) in [5, 5.41) is 3.74. The van der Waals surface area contributed by atoms with Gasteiger partial charge in [-0.25, -0.2) is 0 Å². The Morgan fingerprint density at radius 2 is 1.93 bits per heavy atom. The van der Waals surface area contributed by atoms with Gasteiger partial charge in [0.1, 0.15) is 0 Å². The van der Waals surface area contributed by atoms with Gasteiger partial charge in [-0.15, -0.1) is 0 Å². The third-order valence-corrected chi connectivity index (χ3v) is 4.65. The fourth-order valence-electron chi connectivity index (χ4n) is 1.76. The first-order valence-corrected chi connectivity index (χ1v) is 6.80. The highest BCUT2D eigenvalue weighted by Crippen LogP contribution is 2.40. The summed E-state index contributed by atoms with van der Waals surface area (Å²) in [5.74, 6) is 2.13. The van der Waals surface area contributed by atoms with Gasteiger partial charge < -0.3 is 5.32 Å². The van der Waals surface area contributed by atoms with Crippen LogP contribution in [0.15, 0.2) is 0 Å². The summed E-state index contributed by atoms with van der Waals surface area (Å²) in [6.07, 6.45) is 2.66. The standard InChI is InChI=1S/C12H25NS/c1-9(2)6-7-10(3)13-11-8-14-12(11,4)5/h9-11,13H,6-8H2,1-5H3. The van der Waals surface area contributed by atoms with E-state index in [9.17, 15) is 0 Å². The number of nitrogens with one attached hydrogen (secondary N) is 1. The molecule has 14 heavy (non-hydrogen) atoms. The molecule has 1 heterocycles. The van der Waals surface area contributed by atoms with E-state index in [4.69, 9.17) is 0 Å². The molecule has 0 aromatic rings. The van der Waals surface area contributed by atoms with Gasteiger partial charge in [0.2, 0.25) is 0 Å². The van der Waals surface area contributed by atoms with Crippen LogP contribution in [0.4, 0.5) is 0 Å². The highest BCUT2D eigenvalue weighted by molar-refractivity contribution is 8.02. The van der Waals surface area contributed by atoms with E-state index in [2.05, 4.69) is 51.7 Å². The minimum Gasteiger partial charge on any atom is -0.309 e. The van der Waals surface area contributed by atoms with E-state index in [1.807, 2.05) is 0 Å². The van der Waals surface area contributed by atoms with Crippen molar-refractivity contribution in [3.8, 4) is 0 Å². The number of hydrogen-bond donors (Lipinski definition) is 1. The summed E-state index contributed by atoms with van der Waals surface area (Å²) in [5.41, 5.74) is 0. The van der Waals surface area contributed by atoms with Crippen LogP contribution in [0.2, 0.25) is 0 Å². The van der Waals surface area contributed by atoms with E-state index in [1.54, 1.807) is 0 Å². The molecule has 0 amide bonds. The van der Waals surface area contributed by atoms with Crippen LogP contribution in [0.3, 0.4) is 0 Å². The lowest BCUT2D eigenvalue weighted by atomic mass is 10.00. The molecule has 0 spiro atoms. The maximum absolute atomic E-state index is 3.74. The number of rotatable bonds is 5. The largest absolute Gasteiger partial charge is 0.309 e. The van der Waals surface area contributed by atoms with Crippen molar-refractivity contribution in [1.29, 1.82) is 0 Å². The highest BCUT2D eigenvalue weighted by atomic mass is 32.2. The second-order valence-electron chi connectivity index (χ2n) is 5.51. The Bertz CT molecular complexity index is 177. The van der Waals surface area contributed by atoms with Gasteiger partial charge >= 0.3 is 0 Å². The van der Waals surface area contributed by atoms with Crippen LogP contribution in [0.5, 0.6) is 0 Å². The van der Waals surface area contributed by atoms with Gasteiger partial charge in [-0.2, -0.15) is 11.8 Å². The van der Waals surface area contributed by atoms with Gasteiger partial charge in [-0.3, -0.25) is 0 Å². The quantitative estimate of drug-likeness (QED) is 0.755. The van der Waals surface area contributed by atoms with Crippen LogP contribution in [0.1, 0.15) is 47.5 Å². The molecule has 0 aromatic heterocycles. The van der Waals surface area contributed by atoms with Gasteiger partial charge in [0.25, 0.3) is 0 Å². The third-order valence-electron chi connectivity index (χ3n) is 3.12. The number of hydrogen-bond acceptors (Lipinski definition) is 2. The van der Waals surface area contributed by atoms with E-state index >= 15 is 0 Å². The summed E-state index contributed by atoms with van der Waals surface area (Å²) in [6, 6.07) is 1.41. The van der Waals surface area contributed by atoms with Gasteiger partial charge in [0.15, 0.2) is 0 Å². The van der Waals surface area contributed by atoms with Crippen LogP contribution in [0, 0.1) is 5.92 Å². The molecule has 2 unspecified atom stereocenters. The minimum absolute atomic E-state index is 0.464. The molecule has 1 aliphatic rings. The third kappa shape index (κ3) is 3.47. The average molecular weight is 215 g/mol. The Balaban J connectivity index is 2.17. The summed E-state index contributed by atoms with van der Waals surface area (Å²) in [4.78, 5) is 0. The Morgan fingerprint density at radius 3 is 2.29 bits per heavy atom. The second kappa shape index (κ2) is 4.89. The summed E-state index contributed by atoms with van der Waals surface area (Å²) < 4.78 is 0.464. The number of thioether (sulfide) groups is 1. The Hall–Kier alpha value is 0.310. The fraction of sp³-hybridized carbons (Fsp3) is 1.00. The molecule has 1 fully saturated rings. The average Bonchev–Trinajstić information content (AvgIpc) is 2.09. The summed E-state index contributed by atoms with van der Waals surface area (Å²) in [7, 11) is 0. The van der Waals surface area contributed by atoms with Crippen molar-refractivity contribution in [1.82, 2.24) is 5.32 Å². The smallest absolute Gasteiger partial charge is 0.0302 e. The zero-order chi connectivity index (χ0) is 10.8. The lowest BCUT2D eigenvalue weighted by Gasteiger charge is -2.45. The van der Waals surface area contributed by atoms with Crippen LogP contribution in [-0.2, 0) is 0 Å². The molecule has 1 aliphatic heterocycles. The first-order chi connectivity index (χ1) is 6.42. The molecule has 2 atom stereocenters. The predicted molar refractivity (Wildman–Crippen MR) is 67.0 cm³/mol. The monoisotopic (exact) mass is 215 g/mol. The minimum atomic E-state index is 0.464. The molecular formula is C12H25NS. The predicted octanol–water partition coefficient (Wildman–Crippen LogP) is 3.29. The van der Waals surface area contributed by atoms with Crippen molar-refractivity contribution < 1.29 is 0 Å². The first-order valence-electron chi connectivity index (χ1n) is 5.82. The Morgan fingerprint density at radius 1 is 1.29 bits per heavy atom. The molecule has 0 aromatic carbocycles. The van der Waals surface area contributed by atoms with E-state index in [-0.39, 0.29) is 0 Å². The lowest BCUT2D eigenvalue weighted by Crippen LogP contribution is -2.57. The Labute approximate surface area is 93.4 Å². The van der Waals surface area contributed by atoms with Gasteiger partial charge in [0, 0.05) is 22.6 Å². The Kier molecular flexibility index (Phi) is 4.32. The molecule has 0 radical (unpaired) electrons. The molecule has 2 heteroatoms. The fourth-order valence-corrected chi connectivity index (χ4v) is 2.92. The van der Waals surface area contributed by atoms with Crippen molar-refractivity contribution in [3.05, 3.63) is 0 Å². The van der Waals surface area contributed by atoms with Crippen LogP contribution in [0.25, 0.3) is 0 Å². The van der Waals surface area contributed by atoms with Gasteiger partial charge in [-0.05, 0) is 39.5 Å². The lowest BCUT2D eigenvalue weighted by molar-refractivity contribution is 0.363. The zero-order valence-corrected chi connectivity index (χ0v) is 11.1. The normalized spacial score (nSPS) is 27.4. The molecule has 1 rings (SSSR count). The summed E-state index contributed by atoms with van der Waals surface area (Å²) >= 11 is 2.07. The highest BCUT2D eigenvalue weighted by Gasteiger charge is 2.39. The molecule has 0 aliphatic carbocycles. The van der Waals surface area contributed by atoms with Crippen LogP contribution in [-0.4, -0.2) is 22.6 Å². The molecule has 0 bridgehead atoms. The molecule has 1 saturated heterocycles. The molecule has 0 saturated carbocycles. The van der Waals surface area contributed by atoms with Gasteiger partial charge in [0.05, 0.1) is 0 Å². The van der Waals surface area contributed by atoms with Crippen molar-refractivity contribution in [3.63, 3.8) is 0 Å². The SMILES string of the molecule is CC(C)CCC(C)NC1CSC1(C)C. The topological polar surface area (TPSA) is 12.0 Å². The molecule has 1 nitrogen and oxygen atoms in total. The maximum Gasteiger partial charge on any atom is 0.0302 e. The van der Waals surface area contributed by atoms with E-state index in [0.29, 0.717) is 10.8 Å². The van der Waals surface area contributed by atoms with Gasteiger partial charge in [-0.1, -0.05) is 13.8 Å². The first kappa shape index (κ1) is 12.4. The van der Waals surface area contributed by atoms with E-state index < -0.39 is 0 Å². The van der Waals surface area contributed by atoms with Crippen molar-refractivity contribution in [2.24, 2.45) is 5.92 Å². The van der Waals surface area contributed by atoms with Crippen LogP contribution >= 0.6 is 11.8 Å². The molecular weight excluding hydrogens is 190 g/mol. The maximum atomic E-state index is 3.74.